The van der Waals surface area contributed by atoms with E-state index in [0.29, 0.717) is 19.6 Å². The Morgan fingerprint density at radius 3 is 2.82 bits per heavy atom. The van der Waals surface area contributed by atoms with E-state index in [1.807, 2.05) is 35.0 Å². The minimum absolute atomic E-state index is 0.00115. The third-order valence-corrected chi connectivity index (χ3v) is 6.30. The number of nitrogens with one attached hydrogen (secondary N) is 1. The average Bonchev–Trinajstić information content (AvgIpc) is 3.33. The quantitative estimate of drug-likeness (QED) is 0.584. The van der Waals surface area contributed by atoms with E-state index in [-0.39, 0.29) is 18.6 Å². The molecule has 3 aromatic rings. The highest BCUT2D eigenvalue weighted by Crippen LogP contribution is 2.39. The van der Waals surface area contributed by atoms with Gasteiger partial charge in [-0.15, -0.1) is 0 Å². The van der Waals surface area contributed by atoms with Gasteiger partial charge in [0.2, 0.25) is 5.91 Å². The van der Waals surface area contributed by atoms with Crippen molar-refractivity contribution in [2.24, 2.45) is 0 Å². The van der Waals surface area contributed by atoms with Crippen LogP contribution >= 0.6 is 0 Å². The SMILES string of the molecule is CC(=O)NC[C@H]1CN(c2ccc3c(c2)CCCc2c-3nn(CCO)c2-c2ccncc2)C(=O)O1. The Kier molecular flexibility index (Phi) is 6.02. The maximum Gasteiger partial charge on any atom is 0.414 e. The van der Waals surface area contributed by atoms with E-state index in [9.17, 15) is 14.7 Å². The normalized spacial score (nSPS) is 17.1. The predicted octanol–water partition coefficient (Wildman–Crippen LogP) is 2.55. The lowest BCUT2D eigenvalue weighted by molar-refractivity contribution is -0.119. The fourth-order valence-corrected chi connectivity index (χ4v) is 4.78. The summed E-state index contributed by atoms with van der Waals surface area (Å²) >= 11 is 0. The number of aromatic nitrogens is 3. The number of aryl methyl sites for hydroxylation is 1. The Hall–Kier alpha value is -3.72. The number of fused-ring (bicyclic) bond motifs is 3. The number of cyclic esters (lactones) is 1. The van der Waals surface area contributed by atoms with Crippen molar-refractivity contribution >= 4 is 17.7 Å². The van der Waals surface area contributed by atoms with Crippen molar-refractivity contribution in [2.45, 2.75) is 38.8 Å². The first-order valence-corrected chi connectivity index (χ1v) is 11.5. The van der Waals surface area contributed by atoms with E-state index in [1.165, 1.54) is 12.5 Å². The van der Waals surface area contributed by atoms with Crippen molar-refractivity contribution in [2.75, 3.05) is 24.6 Å². The molecule has 1 saturated heterocycles. The number of aliphatic hydroxyl groups excluding tert-OH is 1. The van der Waals surface area contributed by atoms with Crippen LogP contribution in [0.5, 0.6) is 0 Å². The lowest BCUT2D eigenvalue weighted by Crippen LogP contribution is -2.33. The number of carbonyl (C=O) groups is 2. The molecule has 176 valence electrons. The molecular weight excluding hydrogens is 434 g/mol. The predicted molar refractivity (Wildman–Crippen MR) is 126 cm³/mol. The van der Waals surface area contributed by atoms with Gasteiger partial charge in [0.25, 0.3) is 0 Å². The highest BCUT2D eigenvalue weighted by Gasteiger charge is 2.33. The molecule has 5 rings (SSSR count). The van der Waals surface area contributed by atoms with Gasteiger partial charge in [-0.25, -0.2) is 4.79 Å². The molecule has 2 N–H and O–H groups in total. The second-order valence-corrected chi connectivity index (χ2v) is 8.61. The van der Waals surface area contributed by atoms with Crippen LogP contribution in [0.25, 0.3) is 22.5 Å². The molecule has 9 nitrogen and oxygen atoms in total. The van der Waals surface area contributed by atoms with Gasteiger partial charge in [0.15, 0.2) is 0 Å². The third-order valence-electron chi connectivity index (χ3n) is 6.30. The van der Waals surface area contributed by atoms with Gasteiger partial charge in [0.1, 0.15) is 6.10 Å². The molecule has 0 radical (unpaired) electrons. The molecule has 0 spiro atoms. The molecule has 34 heavy (non-hydrogen) atoms. The van der Waals surface area contributed by atoms with Crippen LogP contribution in [0.2, 0.25) is 0 Å². The van der Waals surface area contributed by atoms with Crippen LogP contribution < -0.4 is 10.2 Å². The number of benzene rings is 1. The van der Waals surface area contributed by atoms with Gasteiger partial charge < -0.3 is 15.2 Å². The van der Waals surface area contributed by atoms with Crippen LogP contribution in [-0.4, -0.2) is 57.7 Å². The van der Waals surface area contributed by atoms with Gasteiger partial charge in [0, 0.05) is 41.7 Å². The summed E-state index contributed by atoms with van der Waals surface area (Å²) in [6.07, 6.45) is 5.44. The second-order valence-electron chi connectivity index (χ2n) is 8.61. The summed E-state index contributed by atoms with van der Waals surface area (Å²) in [4.78, 5) is 29.4. The Morgan fingerprint density at radius 1 is 1.24 bits per heavy atom. The van der Waals surface area contributed by atoms with Gasteiger partial charge in [0.05, 0.1) is 37.6 Å². The molecule has 2 aliphatic rings. The van der Waals surface area contributed by atoms with E-state index in [2.05, 4.69) is 10.3 Å². The van der Waals surface area contributed by atoms with Gasteiger partial charge in [-0.05, 0) is 49.1 Å². The number of anilines is 1. The molecular formula is C25H27N5O4. The van der Waals surface area contributed by atoms with Crippen LogP contribution in [0.3, 0.4) is 0 Å². The Morgan fingerprint density at radius 2 is 2.06 bits per heavy atom. The summed E-state index contributed by atoms with van der Waals surface area (Å²) in [5, 5.41) is 17.2. The van der Waals surface area contributed by atoms with Crippen molar-refractivity contribution in [3.8, 4) is 22.5 Å². The zero-order chi connectivity index (χ0) is 23.7. The van der Waals surface area contributed by atoms with Crippen LogP contribution in [0.4, 0.5) is 10.5 Å². The summed E-state index contributed by atoms with van der Waals surface area (Å²) in [6, 6.07) is 9.93. The van der Waals surface area contributed by atoms with Crippen molar-refractivity contribution in [1.29, 1.82) is 0 Å². The lowest BCUT2D eigenvalue weighted by Gasteiger charge is -2.16. The third kappa shape index (κ3) is 4.14. The first kappa shape index (κ1) is 22.1. The first-order valence-electron chi connectivity index (χ1n) is 11.5. The summed E-state index contributed by atoms with van der Waals surface area (Å²) in [7, 11) is 0. The zero-order valence-corrected chi connectivity index (χ0v) is 19.0. The minimum Gasteiger partial charge on any atom is -0.442 e. The van der Waals surface area contributed by atoms with Crippen molar-refractivity contribution in [3.05, 3.63) is 53.9 Å². The highest BCUT2D eigenvalue weighted by atomic mass is 16.6. The van der Waals surface area contributed by atoms with E-state index < -0.39 is 6.09 Å². The fraction of sp³-hybridized carbons (Fsp3) is 0.360. The standard InChI is InChI=1S/C25H27N5O4/c1-16(32)27-14-20-15-29(25(33)34-20)19-5-6-21-18(13-19)3-2-4-22-23(21)28-30(11-12-31)24(22)17-7-9-26-10-8-17/h5-10,13,20,31H,2-4,11-12,14-15H2,1H3,(H,27,32)/t20-/m0/s1. The summed E-state index contributed by atoms with van der Waals surface area (Å²) < 4.78 is 7.31. The van der Waals surface area contributed by atoms with Gasteiger partial charge in [-0.2, -0.15) is 5.10 Å². The van der Waals surface area contributed by atoms with Crippen molar-refractivity contribution in [1.82, 2.24) is 20.1 Å². The summed E-state index contributed by atoms with van der Waals surface area (Å²) in [6.45, 7) is 2.54. The second kappa shape index (κ2) is 9.26. The number of amides is 2. The average molecular weight is 462 g/mol. The van der Waals surface area contributed by atoms with Crippen molar-refractivity contribution in [3.63, 3.8) is 0 Å². The number of hydrogen-bond acceptors (Lipinski definition) is 6. The van der Waals surface area contributed by atoms with Gasteiger partial charge in [-0.3, -0.25) is 19.4 Å². The maximum absolute atomic E-state index is 12.5. The molecule has 1 aliphatic heterocycles. The molecule has 1 atom stereocenters. The number of nitrogens with zero attached hydrogens (tertiary/aromatic N) is 4. The summed E-state index contributed by atoms with van der Waals surface area (Å²) in [5.41, 5.74) is 7.10. The molecule has 1 aliphatic carbocycles. The van der Waals surface area contributed by atoms with Gasteiger partial charge in [-0.1, -0.05) is 6.07 Å². The molecule has 3 heterocycles. The number of carbonyl (C=O) groups excluding carboxylic acids is 2. The lowest BCUT2D eigenvalue weighted by atomic mass is 9.99. The molecule has 2 amide bonds. The molecule has 9 heteroatoms. The highest BCUT2D eigenvalue weighted by molar-refractivity contribution is 5.91. The molecule has 0 bridgehead atoms. The van der Waals surface area contributed by atoms with E-state index in [1.54, 1.807) is 17.3 Å². The fourth-order valence-electron chi connectivity index (χ4n) is 4.78. The van der Waals surface area contributed by atoms with E-state index in [0.717, 1.165) is 53.0 Å². The van der Waals surface area contributed by atoms with Crippen molar-refractivity contribution < 1.29 is 19.4 Å². The molecule has 0 unspecified atom stereocenters. The van der Waals surface area contributed by atoms with Gasteiger partial charge >= 0.3 is 6.09 Å². The first-order chi connectivity index (χ1) is 16.5. The molecule has 0 saturated carbocycles. The number of ether oxygens (including phenoxy) is 1. The summed E-state index contributed by atoms with van der Waals surface area (Å²) in [5.74, 6) is -0.151. The zero-order valence-electron chi connectivity index (χ0n) is 19.0. The van der Waals surface area contributed by atoms with E-state index >= 15 is 0 Å². The number of hydrogen-bond donors (Lipinski definition) is 2. The van der Waals surface area contributed by atoms with Crippen LogP contribution in [0.15, 0.2) is 42.7 Å². The van der Waals surface area contributed by atoms with Crippen LogP contribution in [0, 0.1) is 0 Å². The van der Waals surface area contributed by atoms with Crippen LogP contribution in [-0.2, 0) is 28.9 Å². The smallest absolute Gasteiger partial charge is 0.414 e. The minimum atomic E-state index is -0.406. The monoisotopic (exact) mass is 461 g/mol. The number of pyridine rings is 1. The number of aliphatic hydroxyl groups is 1. The number of rotatable bonds is 6. The van der Waals surface area contributed by atoms with E-state index in [4.69, 9.17) is 9.84 Å². The molecule has 1 aromatic carbocycles. The molecule has 2 aromatic heterocycles. The Balaban J connectivity index is 1.49. The van der Waals surface area contributed by atoms with Crippen LogP contribution in [0.1, 0.15) is 24.5 Å². The Bertz CT molecular complexity index is 1220. The Labute approximate surface area is 197 Å². The maximum atomic E-state index is 12.5. The topological polar surface area (TPSA) is 110 Å². The largest absolute Gasteiger partial charge is 0.442 e. The molecule has 1 fully saturated rings.